The summed E-state index contributed by atoms with van der Waals surface area (Å²) in [5.74, 6) is 0.868. The zero-order chi connectivity index (χ0) is 13.8. The third kappa shape index (κ3) is 3.72. The van der Waals surface area contributed by atoms with Crippen molar-refractivity contribution in [2.24, 2.45) is 0 Å². The van der Waals surface area contributed by atoms with Crippen molar-refractivity contribution in [3.63, 3.8) is 0 Å². The fourth-order valence-corrected chi connectivity index (χ4v) is 1.75. The average Bonchev–Trinajstić information content (AvgIpc) is 2.36. The van der Waals surface area contributed by atoms with E-state index in [1.165, 1.54) is 5.56 Å². The van der Waals surface area contributed by atoms with Gasteiger partial charge in [-0.25, -0.2) is 0 Å². The van der Waals surface area contributed by atoms with Gasteiger partial charge in [0.15, 0.2) is 0 Å². The number of benzene rings is 1. The number of hydrogen-bond donors (Lipinski definition) is 1. The fourth-order valence-electron chi connectivity index (χ4n) is 1.75. The molecule has 1 atom stereocenters. The SMILES string of the molecule is COc1ccc(CCC(O)C(C)(C)N(C)C)cc1. The van der Waals surface area contributed by atoms with E-state index in [0.29, 0.717) is 0 Å². The van der Waals surface area contributed by atoms with Gasteiger partial charge in [-0.15, -0.1) is 0 Å². The van der Waals surface area contributed by atoms with Crippen LogP contribution in [0.2, 0.25) is 0 Å². The molecular formula is C15H25NO2. The number of aryl methyl sites for hydroxylation is 1. The molecule has 0 spiro atoms. The van der Waals surface area contributed by atoms with Crippen molar-refractivity contribution in [2.75, 3.05) is 21.2 Å². The molecule has 0 aromatic heterocycles. The molecule has 1 N–H and O–H groups in total. The van der Waals surface area contributed by atoms with Crippen molar-refractivity contribution >= 4 is 0 Å². The summed E-state index contributed by atoms with van der Waals surface area (Å²) < 4.78 is 5.12. The molecule has 3 heteroatoms. The topological polar surface area (TPSA) is 32.7 Å². The Balaban J connectivity index is 2.54. The summed E-state index contributed by atoms with van der Waals surface area (Å²) in [4.78, 5) is 2.06. The molecule has 0 fully saturated rings. The highest BCUT2D eigenvalue weighted by Gasteiger charge is 2.29. The van der Waals surface area contributed by atoms with E-state index < -0.39 is 0 Å². The quantitative estimate of drug-likeness (QED) is 0.842. The zero-order valence-electron chi connectivity index (χ0n) is 12.1. The van der Waals surface area contributed by atoms with Gasteiger partial charge in [-0.2, -0.15) is 0 Å². The Morgan fingerprint density at radius 1 is 1.22 bits per heavy atom. The number of ether oxygens (including phenoxy) is 1. The average molecular weight is 251 g/mol. The Morgan fingerprint density at radius 3 is 2.22 bits per heavy atom. The first-order valence-corrected chi connectivity index (χ1v) is 6.36. The second kappa shape index (κ2) is 6.21. The highest BCUT2D eigenvalue weighted by molar-refractivity contribution is 5.27. The summed E-state index contributed by atoms with van der Waals surface area (Å²) in [6.07, 6.45) is 1.30. The molecular weight excluding hydrogens is 226 g/mol. The minimum atomic E-state index is -0.338. The number of likely N-dealkylation sites (N-methyl/N-ethyl adjacent to an activating group) is 1. The molecule has 18 heavy (non-hydrogen) atoms. The largest absolute Gasteiger partial charge is 0.497 e. The fraction of sp³-hybridized carbons (Fsp3) is 0.600. The lowest BCUT2D eigenvalue weighted by atomic mass is 9.91. The van der Waals surface area contributed by atoms with Crippen LogP contribution in [0.5, 0.6) is 5.75 Å². The van der Waals surface area contributed by atoms with Crippen LogP contribution in [0.15, 0.2) is 24.3 Å². The molecule has 0 saturated heterocycles. The van der Waals surface area contributed by atoms with Gasteiger partial charge in [0.1, 0.15) is 5.75 Å². The Hall–Kier alpha value is -1.06. The van der Waals surface area contributed by atoms with Crippen molar-refractivity contribution in [3.8, 4) is 5.75 Å². The lowest BCUT2D eigenvalue weighted by Gasteiger charge is -2.37. The van der Waals surface area contributed by atoms with Crippen molar-refractivity contribution in [1.29, 1.82) is 0 Å². The van der Waals surface area contributed by atoms with Crippen LogP contribution in [0.4, 0.5) is 0 Å². The number of rotatable bonds is 6. The molecule has 0 radical (unpaired) electrons. The van der Waals surface area contributed by atoms with Crippen LogP contribution in [-0.2, 0) is 6.42 Å². The minimum Gasteiger partial charge on any atom is -0.497 e. The molecule has 0 saturated carbocycles. The van der Waals surface area contributed by atoms with Crippen LogP contribution < -0.4 is 4.74 Å². The van der Waals surface area contributed by atoms with E-state index in [-0.39, 0.29) is 11.6 Å². The van der Waals surface area contributed by atoms with Gasteiger partial charge in [-0.3, -0.25) is 0 Å². The van der Waals surface area contributed by atoms with Crippen molar-refractivity contribution in [3.05, 3.63) is 29.8 Å². The summed E-state index contributed by atoms with van der Waals surface area (Å²) in [5.41, 5.74) is 1.02. The third-order valence-electron chi connectivity index (χ3n) is 3.83. The maximum atomic E-state index is 10.2. The molecule has 1 unspecified atom stereocenters. The maximum absolute atomic E-state index is 10.2. The van der Waals surface area contributed by atoms with Crippen LogP contribution in [0, 0.1) is 0 Å². The van der Waals surface area contributed by atoms with Crippen molar-refractivity contribution in [2.45, 2.75) is 38.3 Å². The first-order chi connectivity index (χ1) is 8.37. The second-order valence-corrected chi connectivity index (χ2v) is 5.45. The van der Waals surface area contributed by atoms with Gasteiger partial charge in [-0.1, -0.05) is 12.1 Å². The molecule has 0 aliphatic carbocycles. The Kier molecular flexibility index (Phi) is 5.17. The van der Waals surface area contributed by atoms with Gasteiger partial charge in [0.2, 0.25) is 0 Å². The lowest BCUT2D eigenvalue weighted by molar-refractivity contribution is 0.0127. The predicted molar refractivity (Wildman–Crippen MR) is 75.1 cm³/mol. The summed E-state index contributed by atoms with van der Waals surface area (Å²) in [6, 6.07) is 8.01. The summed E-state index contributed by atoms with van der Waals surface area (Å²) in [5, 5.41) is 10.2. The van der Waals surface area contributed by atoms with E-state index in [2.05, 4.69) is 18.7 Å². The Morgan fingerprint density at radius 2 is 1.78 bits per heavy atom. The van der Waals surface area contributed by atoms with Gasteiger partial charge in [0.25, 0.3) is 0 Å². The van der Waals surface area contributed by atoms with Gasteiger partial charge >= 0.3 is 0 Å². The standard InChI is InChI=1S/C15H25NO2/c1-15(2,16(3)4)14(17)11-8-12-6-9-13(18-5)10-7-12/h6-7,9-10,14,17H,8,11H2,1-5H3. The van der Waals surface area contributed by atoms with Crippen molar-refractivity contribution in [1.82, 2.24) is 4.90 Å². The number of aliphatic hydroxyl groups excluding tert-OH is 1. The summed E-state index contributed by atoms with van der Waals surface area (Å²) in [7, 11) is 5.66. The first-order valence-electron chi connectivity index (χ1n) is 6.36. The monoisotopic (exact) mass is 251 g/mol. The van der Waals surface area contributed by atoms with E-state index >= 15 is 0 Å². The van der Waals surface area contributed by atoms with E-state index in [1.54, 1.807) is 7.11 Å². The summed E-state index contributed by atoms with van der Waals surface area (Å²) >= 11 is 0. The summed E-state index contributed by atoms with van der Waals surface area (Å²) in [6.45, 7) is 4.12. The van der Waals surface area contributed by atoms with Gasteiger partial charge < -0.3 is 14.7 Å². The molecule has 1 rings (SSSR count). The molecule has 0 aliphatic heterocycles. The molecule has 0 bridgehead atoms. The van der Waals surface area contributed by atoms with Crippen LogP contribution in [0.1, 0.15) is 25.8 Å². The van der Waals surface area contributed by atoms with Crippen LogP contribution in [0.25, 0.3) is 0 Å². The molecule has 0 aliphatic rings. The zero-order valence-corrected chi connectivity index (χ0v) is 12.1. The second-order valence-electron chi connectivity index (χ2n) is 5.45. The third-order valence-corrected chi connectivity index (χ3v) is 3.83. The molecule has 0 amide bonds. The van der Waals surface area contributed by atoms with Crippen LogP contribution in [-0.4, -0.2) is 42.9 Å². The van der Waals surface area contributed by atoms with Crippen LogP contribution >= 0.6 is 0 Å². The molecule has 0 heterocycles. The Bertz CT molecular complexity index is 357. The highest BCUT2D eigenvalue weighted by Crippen LogP contribution is 2.20. The predicted octanol–water partition coefficient (Wildman–Crippen LogP) is 2.33. The van der Waals surface area contributed by atoms with E-state index in [1.807, 2.05) is 38.4 Å². The van der Waals surface area contributed by atoms with E-state index in [4.69, 9.17) is 4.74 Å². The lowest BCUT2D eigenvalue weighted by Crippen LogP contribution is -2.48. The maximum Gasteiger partial charge on any atom is 0.118 e. The van der Waals surface area contributed by atoms with E-state index in [9.17, 15) is 5.11 Å². The molecule has 1 aromatic rings. The molecule has 102 valence electrons. The smallest absolute Gasteiger partial charge is 0.118 e. The Labute approximate surface area is 110 Å². The number of methoxy groups -OCH3 is 1. The van der Waals surface area contributed by atoms with E-state index in [0.717, 1.165) is 18.6 Å². The van der Waals surface area contributed by atoms with Crippen LogP contribution in [0.3, 0.4) is 0 Å². The number of nitrogens with zero attached hydrogens (tertiary/aromatic N) is 1. The van der Waals surface area contributed by atoms with Gasteiger partial charge in [0.05, 0.1) is 13.2 Å². The molecule has 1 aromatic carbocycles. The van der Waals surface area contributed by atoms with Gasteiger partial charge in [-0.05, 0) is 58.5 Å². The van der Waals surface area contributed by atoms with Crippen molar-refractivity contribution < 1.29 is 9.84 Å². The molecule has 3 nitrogen and oxygen atoms in total. The van der Waals surface area contributed by atoms with Gasteiger partial charge in [0, 0.05) is 5.54 Å². The number of aliphatic hydroxyl groups is 1. The first kappa shape index (κ1) is 15.0. The normalized spacial score (nSPS) is 13.7. The number of hydrogen-bond acceptors (Lipinski definition) is 3. The minimum absolute atomic E-state index is 0.202. The highest BCUT2D eigenvalue weighted by atomic mass is 16.5.